The Hall–Kier alpha value is 0.400. The molecule has 0 aliphatic carbocycles. The maximum Gasteiger partial charge on any atom is 0.109 e. The Morgan fingerprint density at radius 2 is 1.67 bits per heavy atom. The molecule has 3 heteroatoms. The zero-order valence-electron chi connectivity index (χ0n) is 8.18. The van der Waals surface area contributed by atoms with Gasteiger partial charge in [-0.25, -0.2) is 4.84 Å². The molecule has 12 heavy (non-hydrogen) atoms. The van der Waals surface area contributed by atoms with Crippen molar-refractivity contribution in [3.63, 3.8) is 0 Å². The summed E-state index contributed by atoms with van der Waals surface area (Å²) < 4.78 is 0.913. The van der Waals surface area contributed by atoms with Crippen LogP contribution in [0.15, 0.2) is 0 Å². The molecule has 0 amide bonds. The van der Waals surface area contributed by atoms with Gasteiger partial charge in [-0.05, 0) is 33.1 Å². The van der Waals surface area contributed by atoms with Gasteiger partial charge in [0.15, 0.2) is 0 Å². The maximum absolute atomic E-state index is 5.76. The van der Waals surface area contributed by atoms with Gasteiger partial charge in [0.25, 0.3) is 0 Å². The molecule has 0 N–H and O–H groups in total. The highest BCUT2D eigenvalue weighted by Gasteiger charge is 2.29. The molecule has 0 unspecified atom stereocenters. The summed E-state index contributed by atoms with van der Waals surface area (Å²) in [5, 5.41) is 0. The van der Waals surface area contributed by atoms with Crippen LogP contribution in [0.4, 0.5) is 0 Å². The monoisotopic (exact) mass is 237 g/mol. The topological polar surface area (TPSA) is 9.23 Å². The lowest BCUT2D eigenvalue weighted by Crippen LogP contribution is -3.00. The minimum Gasteiger partial charge on any atom is -1.00 e. The molecule has 1 aliphatic rings. The Labute approximate surface area is 86.2 Å². The van der Waals surface area contributed by atoms with Crippen molar-refractivity contribution in [3.05, 3.63) is 0 Å². The van der Waals surface area contributed by atoms with E-state index in [-0.39, 0.29) is 17.0 Å². The highest BCUT2D eigenvalue weighted by atomic mass is 79.9. The number of rotatable bonds is 3. The van der Waals surface area contributed by atoms with E-state index in [1.165, 1.54) is 32.4 Å². The Bertz CT molecular complexity index is 108. The van der Waals surface area contributed by atoms with E-state index in [2.05, 4.69) is 13.8 Å². The van der Waals surface area contributed by atoms with Gasteiger partial charge in [0.2, 0.25) is 0 Å². The Kier molecular flexibility index (Phi) is 6.14. The Balaban J connectivity index is 0.00000121. The minimum absolute atomic E-state index is 0. The minimum atomic E-state index is 0. The zero-order chi connectivity index (χ0) is 8.16. The fourth-order valence-corrected chi connectivity index (χ4v) is 1.90. The first kappa shape index (κ1) is 12.4. The van der Waals surface area contributed by atoms with Gasteiger partial charge < -0.3 is 17.0 Å². The van der Waals surface area contributed by atoms with Gasteiger partial charge >= 0.3 is 0 Å². The van der Waals surface area contributed by atoms with Gasteiger partial charge in [0.1, 0.15) is 26.2 Å². The summed E-state index contributed by atoms with van der Waals surface area (Å²) in [6.45, 7) is 8.75. The maximum atomic E-state index is 5.76. The van der Waals surface area contributed by atoms with Crippen LogP contribution in [0.5, 0.6) is 0 Å². The summed E-state index contributed by atoms with van der Waals surface area (Å²) in [5.74, 6) is 0. The first-order chi connectivity index (χ1) is 5.33. The third-order valence-corrected chi connectivity index (χ3v) is 2.61. The molecule has 0 aromatic rings. The summed E-state index contributed by atoms with van der Waals surface area (Å²) in [6.07, 6.45) is 4.08. The van der Waals surface area contributed by atoms with Crippen LogP contribution in [0.25, 0.3) is 0 Å². The lowest BCUT2D eigenvalue weighted by atomic mass is 10.1. The second kappa shape index (κ2) is 5.95. The van der Waals surface area contributed by atoms with Crippen LogP contribution >= 0.6 is 0 Å². The van der Waals surface area contributed by atoms with E-state index in [0.717, 1.165) is 17.8 Å². The normalized spacial score (nSPS) is 21.5. The number of quaternary nitrogens is 1. The van der Waals surface area contributed by atoms with Crippen LogP contribution in [0, 0.1) is 0 Å². The predicted molar refractivity (Wildman–Crippen MR) is 46.0 cm³/mol. The first-order valence-corrected chi connectivity index (χ1v) is 4.83. The second-order valence-electron chi connectivity index (χ2n) is 3.30. The summed E-state index contributed by atoms with van der Waals surface area (Å²) >= 11 is 0. The van der Waals surface area contributed by atoms with Crippen LogP contribution in [0.2, 0.25) is 0 Å². The molecule has 1 saturated heterocycles. The van der Waals surface area contributed by atoms with E-state index in [1.54, 1.807) is 0 Å². The van der Waals surface area contributed by atoms with Gasteiger partial charge in [-0.2, -0.15) is 4.65 Å². The quantitative estimate of drug-likeness (QED) is 0.571. The molecule has 0 saturated carbocycles. The van der Waals surface area contributed by atoms with Crippen LogP contribution in [-0.2, 0) is 4.84 Å². The number of hydroxylamine groups is 3. The van der Waals surface area contributed by atoms with E-state index in [0.29, 0.717) is 0 Å². The van der Waals surface area contributed by atoms with Crippen LogP contribution in [0.3, 0.4) is 0 Å². The molecule has 0 radical (unpaired) electrons. The van der Waals surface area contributed by atoms with Crippen molar-refractivity contribution in [1.29, 1.82) is 0 Å². The summed E-state index contributed by atoms with van der Waals surface area (Å²) in [6, 6.07) is 0. The average Bonchev–Trinajstić information content (AvgIpc) is 2.07. The van der Waals surface area contributed by atoms with Crippen LogP contribution in [0.1, 0.15) is 33.1 Å². The van der Waals surface area contributed by atoms with Gasteiger partial charge in [-0.3, -0.25) is 0 Å². The highest BCUT2D eigenvalue weighted by molar-refractivity contribution is 4.48. The molecular weight excluding hydrogens is 218 g/mol. The van der Waals surface area contributed by atoms with Gasteiger partial charge in [-0.15, -0.1) is 0 Å². The van der Waals surface area contributed by atoms with E-state index in [1.807, 2.05) is 0 Å². The van der Waals surface area contributed by atoms with Crippen molar-refractivity contribution in [2.45, 2.75) is 33.1 Å². The lowest BCUT2D eigenvalue weighted by molar-refractivity contribution is -1.11. The molecule has 74 valence electrons. The van der Waals surface area contributed by atoms with Crippen molar-refractivity contribution < 1.29 is 26.5 Å². The number of hydrogen-bond acceptors (Lipinski definition) is 1. The van der Waals surface area contributed by atoms with Crippen molar-refractivity contribution in [2.24, 2.45) is 0 Å². The molecule has 0 aromatic heterocycles. The number of nitrogens with zero attached hydrogens (tertiary/aromatic N) is 1. The van der Waals surface area contributed by atoms with Crippen LogP contribution < -0.4 is 17.0 Å². The summed E-state index contributed by atoms with van der Waals surface area (Å²) in [7, 11) is 0. The third-order valence-electron chi connectivity index (χ3n) is 2.61. The fourth-order valence-electron chi connectivity index (χ4n) is 1.90. The first-order valence-electron chi connectivity index (χ1n) is 4.83. The van der Waals surface area contributed by atoms with E-state index < -0.39 is 0 Å². The molecule has 0 atom stereocenters. The molecule has 1 aliphatic heterocycles. The molecule has 0 spiro atoms. The van der Waals surface area contributed by atoms with Crippen LogP contribution in [-0.4, -0.2) is 30.9 Å². The average molecular weight is 238 g/mol. The molecule has 1 heterocycles. The lowest BCUT2D eigenvalue weighted by Gasteiger charge is -2.37. The molecule has 0 aromatic carbocycles. The smallest absolute Gasteiger partial charge is 0.109 e. The van der Waals surface area contributed by atoms with E-state index in [9.17, 15) is 0 Å². The summed E-state index contributed by atoms with van der Waals surface area (Å²) in [4.78, 5) is 5.76. The second-order valence-corrected chi connectivity index (χ2v) is 3.30. The molecule has 1 fully saturated rings. The number of hydrogen-bond donors (Lipinski definition) is 0. The Morgan fingerprint density at radius 1 is 1.08 bits per heavy atom. The van der Waals surface area contributed by atoms with E-state index >= 15 is 0 Å². The van der Waals surface area contributed by atoms with Crippen molar-refractivity contribution in [1.82, 2.24) is 0 Å². The third kappa shape index (κ3) is 3.04. The number of piperidine rings is 1. The summed E-state index contributed by atoms with van der Waals surface area (Å²) in [5.41, 5.74) is 0. The zero-order valence-corrected chi connectivity index (χ0v) is 9.77. The molecule has 1 rings (SSSR count). The van der Waals surface area contributed by atoms with E-state index in [4.69, 9.17) is 4.84 Å². The Morgan fingerprint density at radius 3 is 2.08 bits per heavy atom. The van der Waals surface area contributed by atoms with Crippen molar-refractivity contribution in [3.8, 4) is 0 Å². The number of likely N-dealkylation sites (tertiary alicyclic amines) is 1. The fraction of sp³-hybridized carbons (Fsp3) is 1.00. The SMILES string of the molecule is CCO[N+]1(CC)CCCCC1.[Br-]. The standard InChI is InChI=1S/C9H20NO.BrH/c1-3-10(11-4-2)8-6-5-7-9-10;/h3-9H2,1-2H3;1H/q+1;/p-1. The van der Waals surface area contributed by atoms with Crippen molar-refractivity contribution >= 4 is 0 Å². The van der Waals surface area contributed by atoms with Crippen molar-refractivity contribution in [2.75, 3.05) is 26.2 Å². The molecule has 0 bridgehead atoms. The van der Waals surface area contributed by atoms with Gasteiger partial charge in [0, 0.05) is 0 Å². The van der Waals surface area contributed by atoms with Gasteiger partial charge in [-0.1, -0.05) is 0 Å². The highest BCUT2D eigenvalue weighted by Crippen LogP contribution is 2.18. The largest absolute Gasteiger partial charge is 1.00 e. The van der Waals surface area contributed by atoms with Gasteiger partial charge in [0.05, 0.1) is 0 Å². The predicted octanol–water partition coefficient (Wildman–Crippen LogP) is -1.04. The molecular formula is C9H20BrNO. The molecule has 2 nitrogen and oxygen atoms in total. The number of halogens is 1.